The highest BCUT2D eigenvalue weighted by Crippen LogP contribution is 2.09. The van der Waals surface area contributed by atoms with Crippen LogP contribution in [0.15, 0.2) is 16.5 Å². The molecule has 15 heavy (non-hydrogen) atoms. The first-order chi connectivity index (χ1) is 7.22. The van der Waals surface area contributed by atoms with Crippen molar-refractivity contribution >= 4 is 0 Å². The lowest BCUT2D eigenvalue weighted by Gasteiger charge is -2.04. The molecule has 1 rings (SSSR count). The predicted molar refractivity (Wildman–Crippen MR) is 58.4 cm³/mol. The maximum Gasteiger partial charge on any atom is 0.129 e. The van der Waals surface area contributed by atoms with Gasteiger partial charge in [-0.05, 0) is 30.9 Å². The van der Waals surface area contributed by atoms with E-state index < -0.39 is 0 Å². The Bertz CT molecular complexity index is 266. The van der Waals surface area contributed by atoms with Crippen molar-refractivity contribution in [3.05, 3.63) is 23.7 Å². The van der Waals surface area contributed by atoms with E-state index in [1.165, 1.54) is 6.42 Å². The molecule has 1 N–H and O–H groups in total. The Hall–Kier alpha value is -0.800. The zero-order valence-corrected chi connectivity index (χ0v) is 9.53. The van der Waals surface area contributed by atoms with Crippen molar-refractivity contribution in [1.82, 2.24) is 0 Å². The summed E-state index contributed by atoms with van der Waals surface area (Å²) in [6, 6.07) is 3.61. The third-order valence-electron chi connectivity index (χ3n) is 2.19. The highest BCUT2D eigenvalue weighted by Gasteiger charge is 2.01. The zero-order chi connectivity index (χ0) is 11.1. The van der Waals surface area contributed by atoms with Gasteiger partial charge < -0.3 is 14.3 Å². The number of furan rings is 1. The molecule has 0 aromatic carbocycles. The first kappa shape index (κ1) is 12.3. The Morgan fingerprint density at radius 3 is 2.67 bits per heavy atom. The van der Waals surface area contributed by atoms with Gasteiger partial charge in [0.15, 0.2) is 0 Å². The molecule has 3 heteroatoms. The second-order valence-electron chi connectivity index (χ2n) is 4.11. The van der Waals surface area contributed by atoms with Crippen LogP contribution in [0.4, 0.5) is 0 Å². The fraction of sp³-hybridized carbons (Fsp3) is 0.667. The van der Waals surface area contributed by atoms with Gasteiger partial charge in [-0.1, -0.05) is 13.8 Å². The maximum absolute atomic E-state index is 8.79. The minimum atomic E-state index is -0.0483. The quantitative estimate of drug-likeness (QED) is 0.707. The van der Waals surface area contributed by atoms with Crippen molar-refractivity contribution in [3.63, 3.8) is 0 Å². The molecule has 0 atom stereocenters. The highest BCUT2D eigenvalue weighted by molar-refractivity contribution is 5.05. The molecule has 1 aromatic heterocycles. The van der Waals surface area contributed by atoms with E-state index in [2.05, 4.69) is 13.8 Å². The SMILES string of the molecule is CC(C)CCCOCc1ccc(CO)o1. The van der Waals surface area contributed by atoms with E-state index in [9.17, 15) is 0 Å². The van der Waals surface area contributed by atoms with Crippen LogP contribution in [-0.2, 0) is 18.0 Å². The van der Waals surface area contributed by atoms with Crippen molar-refractivity contribution in [2.24, 2.45) is 5.92 Å². The fourth-order valence-corrected chi connectivity index (χ4v) is 1.35. The average Bonchev–Trinajstić information content (AvgIpc) is 2.65. The first-order valence-corrected chi connectivity index (χ1v) is 5.48. The summed E-state index contributed by atoms with van der Waals surface area (Å²) in [7, 11) is 0. The van der Waals surface area contributed by atoms with E-state index in [4.69, 9.17) is 14.3 Å². The van der Waals surface area contributed by atoms with Crippen LogP contribution in [0.25, 0.3) is 0 Å². The van der Waals surface area contributed by atoms with Crippen LogP contribution in [0.3, 0.4) is 0 Å². The van der Waals surface area contributed by atoms with Gasteiger partial charge in [0.25, 0.3) is 0 Å². The Kier molecular flexibility index (Phi) is 5.43. The third-order valence-corrected chi connectivity index (χ3v) is 2.19. The lowest BCUT2D eigenvalue weighted by molar-refractivity contribution is 0.0982. The first-order valence-electron chi connectivity index (χ1n) is 5.48. The van der Waals surface area contributed by atoms with Gasteiger partial charge in [-0.2, -0.15) is 0 Å². The van der Waals surface area contributed by atoms with Gasteiger partial charge in [0.2, 0.25) is 0 Å². The molecule has 0 aliphatic heterocycles. The molecule has 0 spiro atoms. The van der Waals surface area contributed by atoms with Crippen molar-refractivity contribution < 1.29 is 14.3 Å². The van der Waals surface area contributed by atoms with Gasteiger partial charge >= 0.3 is 0 Å². The molecule has 0 aliphatic rings. The Balaban J connectivity index is 2.09. The molecule has 0 fully saturated rings. The largest absolute Gasteiger partial charge is 0.461 e. The summed E-state index contributed by atoms with van der Waals surface area (Å²) in [5.41, 5.74) is 0. The summed E-state index contributed by atoms with van der Waals surface area (Å²) in [4.78, 5) is 0. The molecule has 0 bridgehead atoms. The van der Waals surface area contributed by atoms with Gasteiger partial charge in [0.1, 0.15) is 24.7 Å². The number of hydrogen-bond acceptors (Lipinski definition) is 3. The second-order valence-corrected chi connectivity index (χ2v) is 4.11. The molecule has 0 saturated heterocycles. The Labute approximate surface area is 91.1 Å². The smallest absolute Gasteiger partial charge is 0.129 e. The van der Waals surface area contributed by atoms with Crippen LogP contribution in [0.2, 0.25) is 0 Å². The predicted octanol–water partition coefficient (Wildman–Crippen LogP) is 2.72. The van der Waals surface area contributed by atoms with Crippen molar-refractivity contribution in [2.75, 3.05) is 6.61 Å². The van der Waals surface area contributed by atoms with Gasteiger partial charge in [0.05, 0.1) is 0 Å². The Morgan fingerprint density at radius 1 is 1.33 bits per heavy atom. The van der Waals surface area contributed by atoms with Gasteiger partial charge in [-0.25, -0.2) is 0 Å². The lowest BCUT2D eigenvalue weighted by Crippen LogP contribution is -1.97. The molecule has 1 heterocycles. The zero-order valence-electron chi connectivity index (χ0n) is 9.53. The molecule has 0 radical (unpaired) electrons. The number of hydrogen-bond donors (Lipinski definition) is 1. The number of aliphatic hydroxyl groups is 1. The van der Waals surface area contributed by atoms with Crippen LogP contribution >= 0.6 is 0 Å². The van der Waals surface area contributed by atoms with E-state index in [0.717, 1.165) is 24.7 Å². The molecule has 0 unspecified atom stereocenters. The highest BCUT2D eigenvalue weighted by atomic mass is 16.5. The standard InChI is InChI=1S/C12H20O3/c1-10(2)4-3-7-14-9-12-6-5-11(8-13)15-12/h5-6,10,13H,3-4,7-9H2,1-2H3. The van der Waals surface area contributed by atoms with Crippen molar-refractivity contribution in [1.29, 1.82) is 0 Å². The molecular formula is C12H20O3. The normalized spacial score (nSPS) is 11.2. The molecule has 0 amide bonds. The third kappa shape index (κ3) is 5.00. The second kappa shape index (κ2) is 6.64. The lowest BCUT2D eigenvalue weighted by atomic mass is 10.1. The van der Waals surface area contributed by atoms with Crippen LogP contribution in [-0.4, -0.2) is 11.7 Å². The summed E-state index contributed by atoms with van der Waals surface area (Å²) in [5.74, 6) is 2.11. The molecule has 1 aromatic rings. The van der Waals surface area contributed by atoms with Crippen LogP contribution in [0.5, 0.6) is 0 Å². The monoisotopic (exact) mass is 212 g/mol. The molecule has 0 saturated carbocycles. The Morgan fingerprint density at radius 2 is 2.07 bits per heavy atom. The van der Waals surface area contributed by atoms with Crippen LogP contribution < -0.4 is 0 Å². The molecule has 0 aliphatic carbocycles. The topological polar surface area (TPSA) is 42.6 Å². The van der Waals surface area contributed by atoms with Crippen molar-refractivity contribution in [3.8, 4) is 0 Å². The number of rotatable bonds is 7. The summed E-state index contributed by atoms with van der Waals surface area (Å²) in [5, 5.41) is 8.79. The fourth-order valence-electron chi connectivity index (χ4n) is 1.35. The van der Waals surface area contributed by atoms with E-state index in [0.29, 0.717) is 12.4 Å². The van der Waals surface area contributed by atoms with Gasteiger partial charge in [-0.3, -0.25) is 0 Å². The number of ether oxygens (including phenoxy) is 1. The van der Waals surface area contributed by atoms with E-state index in [1.54, 1.807) is 6.07 Å². The average molecular weight is 212 g/mol. The maximum atomic E-state index is 8.79. The molecular weight excluding hydrogens is 192 g/mol. The molecule has 3 nitrogen and oxygen atoms in total. The minimum absolute atomic E-state index is 0.0483. The number of aliphatic hydroxyl groups excluding tert-OH is 1. The van der Waals surface area contributed by atoms with Gasteiger partial charge in [-0.15, -0.1) is 0 Å². The van der Waals surface area contributed by atoms with Crippen LogP contribution in [0, 0.1) is 5.92 Å². The van der Waals surface area contributed by atoms with Crippen LogP contribution in [0.1, 0.15) is 38.2 Å². The summed E-state index contributed by atoms with van der Waals surface area (Å²) in [6.07, 6.45) is 2.28. The van der Waals surface area contributed by atoms with Crippen molar-refractivity contribution in [2.45, 2.75) is 39.9 Å². The minimum Gasteiger partial charge on any atom is -0.461 e. The van der Waals surface area contributed by atoms with Gasteiger partial charge in [0, 0.05) is 6.61 Å². The summed E-state index contributed by atoms with van der Waals surface area (Å²) >= 11 is 0. The van der Waals surface area contributed by atoms with E-state index in [-0.39, 0.29) is 6.61 Å². The summed E-state index contributed by atoms with van der Waals surface area (Å²) in [6.45, 7) is 5.64. The summed E-state index contributed by atoms with van der Waals surface area (Å²) < 4.78 is 10.7. The van der Waals surface area contributed by atoms with E-state index >= 15 is 0 Å². The molecule has 86 valence electrons. The van der Waals surface area contributed by atoms with E-state index in [1.807, 2.05) is 6.07 Å².